The van der Waals surface area contributed by atoms with Crippen LogP contribution in [0.1, 0.15) is 10.5 Å². The quantitative estimate of drug-likeness (QED) is 0.361. The average Bonchev–Trinajstić information content (AvgIpc) is 2.72. The van der Waals surface area contributed by atoms with Gasteiger partial charge in [0.05, 0.1) is 6.54 Å². The zero-order valence-electron chi connectivity index (χ0n) is 15.5. The first-order valence-electron chi connectivity index (χ1n) is 8.79. The first-order chi connectivity index (χ1) is 14.3. The molecule has 0 saturated heterocycles. The van der Waals surface area contributed by atoms with Crippen LogP contribution in [0.5, 0.6) is 5.75 Å². The second-order valence-electron chi connectivity index (χ2n) is 6.27. The second-order valence-corrected chi connectivity index (χ2v) is 6.27. The summed E-state index contributed by atoms with van der Waals surface area (Å²) in [6, 6.07) is 13.1. The van der Waals surface area contributed by atoms with Crippen molar-refractivity contribution in [1.29, 1.82) is 0 Å². The highest BCUT2D eigenvalue weighted by atomic mass is 16.4. The molecule has 10 heteroatoms. The Morgan fingerprint density at radius 3 is 2.40 bits per heavy atom. The Morgan fingerprint density at radius 2 is 1.70 bits per heavy atom. The topological polar surface area (TPSA) is 161 Å². The molecule has 1 atom stereocenters. The molecule has 0 fully saturated rings. The summed E-state index contributed by atoms with van der Waals surface area (Å²) in [5.41, 5.74) is 0.750. The maximum atomic E-state index is 12.1. The SMILES string of the molecule is O=C(Nc1ccccc1)Nc1ccc2c(O)c(C(=O)NCC(O)C(=O)O)ncc2c1. The van der Waals surface area contributed by atoms with Crippen LogP contribution in [-0.2, 0) is 4.79 Å². The number of carboxylic acids is 1. The Hall–Kier alpha value is -4.18. The van der Waals surface area contributed by atoms with Crippen molar-refractivity contribution in [1.82, 2.24) is 10.3 Å². The number of fused-ring (bicyclic) bond motifs is 1. The van der Waals surface area contributed by atoms with Crippen molar-refractivity contribution in [3.63, 3.8) is 0 Å². The molecule has 3 rings (SSSR count). The van der Waals surface area contributed by atoms with Gasteiger partial charge in [-0.3, -0.25) is 4.79 Å². The predicted octanol–water partition coefficient (Wildman–Crippen LogP) is 1.76. The Bertz CT molecular complexity index is 1100. The molecule has 0 aliphatic carbocycles. The molecule has 30 heavy (non-hydrogen) atoms. The molecule has 154 valence electrons. The largest absolute Gasteiger partial charge is 0.505 e. The lowest BCUT2D eigenvalue weighted by Gasteiger charge is -2.11. The number of carbonyl (C=O) groups is 3. The summed E-state index contributed by atoms with van der Waals surface area (Å²) in [6.07, 6.45) is -0.440. The fourth-order valence-electron chi connectivity index (χ4n) is 2.63. The fraction of sp³-hybridized carbons (Fsp3) is 0.100. The van der Waals surface area contributed by atoms with Crippen molar-refractivity contribution < 1.29 is 29.7 Å². The molecule has 1 heterocycles. The Balaban J connectivity index is 1.73. The number of rotatable bonds is 6. The highest BCUT2D eigenvalue weighted by Crippen LogP contribution is 2.29. The number of aromatic hydroxyl groups is 1. The van der Waals surface area contributed by atoms with Gasteiger partial charge in [-0.05, 0) is 30.3 Å². The van der Waals surface area contributed by atoms with E-state index in [1.54, 1.807) is 36.4 Å². The van der Waals surface area contributed by atoms with E-state index in [1.807, 2.05) is 6.07 Å². The van der Waals surface area contributed by atoms with E-state index in [1.165, 1.54) is 12.3 Å². The summed E-state index contributed by atoms with van der Waals surface area (Å²) in [5.74, 6) is -2.73. The number of benzene rings is 2. The van der Waals surface area contributed by atoms with Crippen LogP contribution in [-0.4, -0.2) is 50.9 Å². The number of nitrogens with one attached hydrogen (secondary N) is 3. The molecule has 0 aliphatic heterocycles. The molecule has 1 aromatic heterocycles. The van der Waals surface area contributed by atoms with E-state index in [4.69, 9.17) is 5.11 Å². The molecule has 10 nitrogen and oxygen atoms in total. The summed E-state index contributed by atoms with van der Waals surface area (Å²) in [4.78, 5) is 38.7. The van der Waals surface area contributed by atoms with Crippen LogP contribution >= 0.6 is 0 Å². The lowest BCUT2D eigenvalue weighted by Crippen LogP contribution is -2.36. The lowest BCUT2D eigenvalue weighted by molar-refractivity contribution is -0.146. The number of pyridine rings is 1. The first kappa shape index (κ1) is 20.6. The zero-order chi connectivity index (χ0) is 21.7. The normalized spacial score (nSPS) is 11.5. The number of carboxylic acid groups (broad SMARTS) is 1. The van der Waals surface area contributed by atoms with Crippen LogP contribution in [0.4, 0.5) is 16.2 Å². The number of carbonyl (C=O) groups excluding carboxylic acids is 2. The van der Waals surface area contributed by atoms with E-state index < -0.39 is 36.3 Å². The molecule has 6 N–H and O–H groups in total. The number of urea groups is 1. The van der Waals surface area contributed by atoms with Gasteiger partial charge in [-0.2, -0.15) is 0 Å². The van der Waals surface area contributed by atoms with Crippen molar-refractivity contribution in [3.05, 3.63) is 60.4 Å². The molecular weight excluding hydrogens is 392 g/mol. The minimum Gasteiger partial charge on any atom is -0.505 e. The number of para-hydroxylation sites is 1. The standard InChI is InChI=1S/C20H18N4O6/c25-15(19(28)29)10-22-18(27)16-17(26)14-7-6-13(8-11(14)9-21-16)24-20(30)23-12-4-2-1-3-5-12/h1-9,15,25-26H,10H2,(H,22,27)(H,28,29)(H2,23,24,30). The van der Waals surface area contributed by atoms with E-state index >= 15 is 0 Å². The minimum atomic E-state index is -1.77. The fourth-order valence-corrected chi connectivity index (χ4v) is 2.63. The van der Waals surface area contributed by atoms with E-state index in [2.05, 4.69) is 20.9 Å². The number of nitrogens with zero attached hydrogens (tertiary/aromatic N) is 1. The van der Waals surface area contributed by atoms with Gasteiger partial charge in [0, 0.05) is 28.3 Å². The molecule has 0 saturated carbocycles. The van der Waals surface area contributed by atoms with E-state index in [0.29, 0.717) is 22.1 Å². The molecule has 3 aromatic rings. The van der Waals surface area contributed by atoms with Gasteiger partial charge in [0.2, 0.25) is 0 Å². The van der Waals surface area contributed by atoms with Gasteiger partial charge in [-0.25, -0.2) is 14.6 Å². The minimum absolute atomic E-state index is 0.308. The van der Waals surface area contributed by atoms with Crippen LogP contribution < -0.4 is 16.0 Å². The summed E-state index contributed by atoms with van der Waals surface area (Å²) in [6.45, 7) is -0.535. The van der Waals surface area contributed by atoms with Crippen molar-refractivity contribution in [2.45, 2.75) is 6.10 Å². The monoisotopic (exact) mass is 410 g/mol. The molecule has 0 aliphatic rings. The number of aliphatic hydroxyl groups excluding tert-OH is 1. The maximum Gasteiger partial charge on any atom is 0.334 e. The van der Waals surface area contributed by atoms with Gasteiger partial charge in [-0.1, -0.05) is 18.2 Å². The van der Waals surface area contributed by atoms with Gasteiger partial charge >= 0.3 is 12.0 Å². The summed E-state index contributed by atoms with van der Waals surface area (Å²) in [5, 5.41) is 36.5. The highest BCUT2D eigenvalue weighted by molar-refractivity contribution is 6.04. The molecule has 1 unspecified atom stereocenters. The van der Waals surface area contributed by atoms with Crippen molar-refractivity contribution in [2.24, 2.45) is 0 Å². The van der Waals surface area contributed by atoms with Gasteiger partial charge in [0.25, 0.3) is 5.91 Å². The first-order valence-corrected chi connectivity index (χ1v) is 8.79. The third-order valence-corrected chi connectivity index (χ3v) is 4.11. The highest BCUT2D eigenvalue weighted by Gasteiger charge is 2.19. The number of anilines is 2. The summed E-state index contributed by atoms with van der Waals surface area (Å²) in [7, 11) is 0. The Morgan fingerprint density at radius 1 is 1.00 bits per heavy atom. The van der Waals surface area contributed by atoms with Crippen molar-refractivity contribution in [2.75, 3.05) is 17.2 Å². The lowest BCUT2D eigenvalue weighted by atomic mass is 10.1. The summed E-state index contributed by atoms with van der Waals surface area (Å²) >= 11 is 0. The maximum absolute atomic E-state index is 12.1. The van der Waals surface area contributed by atoms with Gasteiger partial charge < -0.3 is 31.3 Å². The Kier molecular flexibility index (Phi) is 6.08. The number of aliphatic hydroxyl groups is 1. The predicted molar refractivity (Wildman–Crippen MR) is 108 cm³/mol. The van der Waals surface area contributed by atoms with Crippen molar-refractivity contribution >= 4 is 40.1 Å². The molecule has 0 spiro atoms. The van der Waals surface area contributed by atoms with Crippen LogP contribution in [0.15, 0.2) is 54.7 Å². The number of hydrogen-bond donors (Lipinski definition) is 6. The van der Waals surface area contributed by atoms with Crippen molar-refractivity contribution in [3.8, 4) is 5.75 Å². The van der Waals surface area contributed by atoms with Crippen LogP contribution in [0.2, 0.25) is 0 Å². The molecule has 0 bridgehead atoms. The number of aliphatic carboxylic acids is 1. The number of amides is 3. The van der Waals surface area contributed by atoms with E-state index in [-0.39, 0.29) is 5.69 Å². The molecule has 3 amide bonds. The number of hydrogen-bond acceptors (Lipinski definition) is 6. The third kappa shape index (κ3) is 4.80. The van der Waals surface area contributed by atoms with Gasteiger partial charge in [-0.15, -0.1) is 0 Å². The van der Waals surface area contributed by atoms with Gasteiger partial charge in [0.15, 0.2) is 17.5 Å². The van der Waals surface area contributed by atoms with Crippen LogP contribution in [0.3, 0.4) is 0 Å². The van der Waals surface area contributed by atoms with Crippen LogP contribution in [0, 0.1) is 0 Å². The Labute approximate surface area is 170 Å². The second kappa shape index (κ2) is 8.88. The molecule has 0 radical (unpaired) electrons. The molecular formula is C20H18N4O6. The zero-order valence-corrected chi connectivity index (χ0v) is 15.5. The van der Waals surface area contributed by atoms with E-state index in [0.717, 1.165) is 0 Å². The van der Waals surface area contributed by atoms with E-state index in [9.17, 15) is 24.6 Å². The smallest absolute Gasteiger partial charge is 0.334 e. The molecule has 2 aromatic carbocycles. The number of aromatic nitrogens is 1. The third-order valence-electron chi connectivity index (χ3n) is 4.11. The average molecular weight is 410 g/mol. The summed E-state index contributed by atoms with van der Waals surface area (Å²) < 4.78 is 0. The van der Waals surface area contributed by atoms with Gasteiger partial charge in [0.1, 0.15) is 0 Å². The van der Waals surface area contributed by atoms with Crippen LogP contribution in [0.25, 0.3) is 10.8 Å².